The molecule has 2 rings (SSSR count). The first-order valence-corrected chi connectivity index (χ1v) is 6.82. The molecule has 0 radical (unpaired) electrons. The van der Waals surface area contributed by atoms with E-state index in [1.807, 2.05) is 20.8 Å². The summed E-state index contributed by atoms with van der Waals surface area (Å²) in [6.07, 6.45) is 3.69. The van der Waals surface area contributed by atoms with Gasteiger partial charge in [-0.15, -0.1) is 0 Å². The molecule has 4 nitrogen and oxygen atoms in total. The van der Waals surface area contributed by atoms with Gasteiger partial charge in [0.15, 0.2) is 0 Å². The Bertz CT molecular complexity index is 366. The molecule has 0 bridgehead atoms. The van der Waals surface area contributed by atoms with Gasteiger partial charge in [0.2, 0.25) is 0 Å². The molecule has 1 amide bonds. The molecule has 0 aliphatic heterocycles. The molecular weight excluding hydrogens is 228 g/mol. The zero-order chi connectivity index (χ0) is 13.8. The fourth-order valence-electron chi connectivity index (χ4n) is 3.18. The Morgan fingerprint density at radius 3 is 2.06 bits per heavy atom. The Hall–Kier alpha value is -0.770. The maximum atomic E-state index is 12.0. The number of nitrogens with two attached hydrogens (primary N) is 1. The molecular formula is C14H26N2O2. The molecule has 2 fully saturated rings. The molecule has 3 N–H and O–H groups in total. The average molecular weight is 254 g/mol. The van der Waals surface area contributed by atoms with Crippen molar-refractivity contribution in [2.24, 2.45) is 11.1 Å². The van der Waals surface area contributed by atoms with Crippen molar-refractivity contribution in [3.63, 3.8) is 0 Å². The molecule has 2 aliphatic carbocycles. The van der Waals surface area contributed by atoms with Gasteiger partial charge >= 0.3 is 6.09 Å². The van der Waals surface area contributed by atoms with Crippen LogP contribution in [0.5, 0.6) is 0 Å². The summed E-state index contributed by atoms with van der Waals surface area (Å²) in [5, 5.41) is 3.06. The van der Waals surface area contributed by atoms with Crippen molar-refractivity contribution >= 4 is 6.09 Å². The number of hydrogen-bond donors (Lipinski definition) is 2. The van der Waals surface area contributed by atoms with Crippen molar-refractivity contribution in [3.8, 4) is 0 Å². The minimum atomic E-state index is -0.462. The summed E-state index contributed by atoms with van der Waals surface area (Å²) < 4.78 is 5.35. The van der Waals surface area contributed by atoms with Crippen molar-refractivity contribution in [1.82, 2.24) is 5.32 Å². The van der Waals surface area contributed by atoms with Crippen LogP contribution in [-0.4, -0.2) is 22.8 Å². The van der Waals surface area contributed by atoms with E-state index < -0.39 is 5.60 Å². The summed E-state index contributed by atoms with van der Waals surface area (Å²) in [6.45, 7) is 9.96. The summed E-state index contributed by atoms with van der Waals surface area (Å²) in [5.41, 5.74) is 5.64. The van der Waals surface area contributed by atoms with Crippen LogP contribution in [0.4, 0.5) is 4.79 Å². The highest BCUT2D eigenvalue weighted by Crippen LogP contribution is 2.63. The average Bonchev–Trinajstić information content (AvgIpc) is 2.56. The second-order valence-corrected chi connectivity index (χ2v) is 7.59. The van der Waals surface area contributed by atoms with E-state index in [4.69, 9.17) is 10.5 Å². The molecule has 18 heavy (non-hydrogen) atoms. The highest BCUT2D eigenvalue weighted by molar-refractivity contribution is 5.70. The third kappa shape index (κ3) is 2.00. The fraction of sp³-hybridized carbons (Fsp3) is 0.929. The summed E-state index contributed by atoms with van der Waals surface area (Å²) in [4.78, 5) is 12.0. The number of alkyl carbamates (subject to hydrolysis) is 1. The van der Waals surface area contributed by atoms with Gasteiger partial charge in [-0.05, 0) is 51.9 Å². The zero-order valence-electron chi connectivity index (χ0n) is 12.2. The predicted octanol–water partition coefficient (Wildman–Crippen LogP) is 2.56. The van der Waals surface area contributed by atoms with E-state index in [1.165, 1.54) is 0 Å². The Morgan fingerprint density at radius 2 is 1.78 bits per heavy atom. The molecule has 2 aliphatic rings. The lowest BCUT2D eigenvalue weighted by atomic mass is 9.67. The van der Waals surface area contributed by atoms with Gasteiger partial charge in [-0.3, -0.25) is 0 Å². The van der Waals surface area contributed by atoms with Crippen LogP contribution in [0.1, 0.15) is 60.3 Å². The number of ether oxygens (including phenoxy) is 1. The minimum Gasteiger partial charge on any atom is -0.444 e. The molecule has 0 spiro atoms. The van der Waals surface area contributed by atoms with Gasteiger partial charge in [0, 0.05) is 5.54 Å². The van der Waals surface area contributed by atoms with E-state index in [0.29, 0.717) is 0 Å². The molecule has 1 unspecified atom stereocenters. The normalized spacial score (nSPS) is 32.3. The monoisotopic (exact) mass is 254 g/mol. The van der Waals surface area contributed by atoms with Gasteiger partial charge < -0.3 is 15.8 Å². The maximum Gasteiger partial charge on any atom is 0.408 e. The number of amides is 1. The lowest BCUT2D eigenvalue weighted by Crippen LogP contribution is -2.67. The van der Waals surface area contributed by atoms with Crippen LogP contribution in [0, 0.1) is 5.41 Å². The van der Waals surface area contributed by atoms with Gasteiger partial charge in [0.05, 0.1) is 5.54 Å². The van der Waals surface area contributed by atoms with Crippen molar-refractivity contribution < 1.29 is 9.53 Å². The Kier molecular flexibility index (Phi) is 2.75. The molecule has 0 heterocycles. The van der Waals surface area contributed by atoms with Gasteiger partial charge in [-0.25, -0.2) is 4.79 Å². The van der Waals surface area contributed by atoms with Crippen LogP contribution in [0.3, 0.4) is 0 Å². The topological polar surface area (TPSA) is 64.3 Å². The third-order valence-corrected chi connectivity index (χ3v) is 4.60. The summed E-state index contributed by atoms with van der Waals surface area (Å²) >= 11 is 0. The molecule has 1 atom stereocenters. The summed E-state index contributed by atoms with van der Waals surface area (Å²) in [7, 11) is 0. The third-order valence-electron chi connectivity index (χ3n) is 4.60. The lowest BCUT2D eigenvalue weighted by Gasteiger charge is -2.49. The van der Waals surface area contributed by atoms with Crippen molar-refractivity contribution in [2.45, 2.75) is 77.0 Å². The zero-order valence-corrected chi connectivity index (χ0v) is 12.2. The summed E-state index contributed by atoms with van der Waals surface area (Å²) in [6, 6.07) is 0. The number of carbonyl (C=O) groups excluding carboxylic acids is 1. The minimum absolute atomic E-state index is 0.114. The number of carbonyl (C=O) groups is 1. The molecule has 0 aromatic heterocycles. The predicted molar refractivity (Wildman–Crippen MR) is 71.3 cm³/mol. The highest BCUT2D eigenvalue weighted by atomic mass is 16.6. The van der Waals surface area contributed by atoms with Gasteiger partial charge in [-0.2, -0.15) is 0 Å². The maximum absolute atomic E-state index is 12.0. The van der Waals surface area contributed by atoms with E-state index in [9.17, 15) is 4.79 Å². The van der Waals surface area contributed by atoms with Crippen LogP contribution >= 0.6 is 0 Å². The van der Waals surface area contributed by atoms with Gasteiger partial charge in [-0.1, -0.05) is 13.8 Å². The first-order chi connectivity index (χ1) is 8.02. The Labute approximate surface area is 110 Å². The van der Waals surface area contributed by atoms with Crippen LogP contribution in [0.15, 0.2) is 0 Å². The van der Waals surface area contributed by atoms with Gasteiger partial charge in [0.25, 0.3) is 0 Å². The molecule has 2 saturated carbocycles. The van der Waals surface area contributed by atoms with E-state index in [0.717, 1.165) is 25.7 Å². The largest absolute Gasteiger partial charge is 0.444 e. The van der Waals surface area contributed by atoms with Crippen LogP contribution in [0.2, 0.25) is 0 Å². The highest BCUT2D eigenvalue weighted by Gasteiger charge is 2.71. The Morgan fingerprint density at radius 1 is 1.28 bits per heavy atom. The quantitative estimate of drug-likeness (QED) is 0.796. The van der Waals surface area contributed by atoms with Crippen molar-refractivity contribution in [2.75, 3.05) is 0 Å². The van der Waals surface area contributed by atoms with Gasteiger partial charge in [0.1, 0.15) is 5.60 Å². The first-order valence-electron chi connectivity index (χ1n) is 6.82. The smallest absolute Gasteiger partial charge is 0.408 e. The molecule has 4 heteroatoms. The number of rotatable bonds is 2. The standard InChI is InChI=1S/C14H26N2O2/c1-11(2,3)18-10(17)16-13(7-6-8-13)14(15)9-12(14,4)5/h6-9,15H2,1-5H3,(H,16,17). The van der Waals surface area contributed by atoms with E-state index in [-0.39, 0.29) is 22.6 Å². The lowest BCUT2D eigenvalue weighted by molar-refractivity contribution is 0.0293. The SMILES string of the molecule is CC(C)(C)OC(=O)NC1(C2(N)CC2(C)C)CCC1. The van der Waals surface area contributed by atoms with Crippen LogP contribution in [0.25, 0.3) is 0 Å². The van der Waals surface area contributed by atoms with E-state index >= 15 is 0 Å². The van der Waals surface area contributed by atoms with Crippen molar-refractivity contribution in [3.05, 3.63) is 0 Å². The molecule has 0 aromatic rings. The van der Waals surface area contributed by atoms with Crippen molar-refractivity contribution in [1.29, 1.82) is 0 Å². The molecule has 0 saturated heterocycles. The van der Waals surface area contributed by atoms with Crippen LogP contribution < -0.4 is 11.1 Å². The first kappa shape index (κ1) is 13.7. The second kappa shape index (κ2) is 3.62. The number of hydrogen-bond acceptors (Lipinski definition) is 3. The van der Waals surface area contributed by atoms with E-state index in [2.05, 4.69) is 19.2 Å². The molecule has 0 aromatic carbocycles. The fourth-order valence-corrected chi connectivity index (χ4v) is 3.18. The second-order valence-electron chi connectivity index (χ2n) is 7.59. The van der Waals surface area contributed by atoms with E-state index in [1.54, 1.807) is 0 Å². The van der Waals surface area contributed by atoms with Crippen LogP contribution in [-0.2, 0) is 4.74 Å². The number of nitrogens with one attached hydrogen (secondary N) is 1. The summed E-state index contributed by atoms with van der Waals surface area (Å²) in [5.74, 6) is 0. The molecule has 104 valence electrons. The Balaban J connectivity index is 2.05.